The summed E-state index contributed by atoms with van der Waals surface area (Å²) in [6.45, 7) is 1.88. The number of para-hydroxylation sites is 1. The van der Waals surface area contributed by atoms with Crippen LogP contribution in [-0.2, 0) is 10.0 Å². The quantitative estimate of drug-likeness (QED) is 0.593. The number of anilines is 2. The summed E-state index contributed by atoms with van der Waals surface area (Å²) in [5, 5.41) is 2.98. The van der Waals surface area contributed by atoms with Crippen molar-refractivity contribution in [3.05, 3.63) is 82.9 Å². The maximum atomic E-state index is 12.7. The molecular formula is C21H19ClN2O4S. The maximum absolute atomic E-state index is 12.7. The molecule has 1 amide bonds. The lowest BCUT2D eigenvalue weighted by molar-refractivity contribution is 0.102. The lowest BCUT2D eigenvalue weighted by atomic mass is 10.1. The summed E-state index contributed by atoms with van der Waals surface area (Å²) in [6.07, 6.45) is 0. The van der Waals surface area contributed by atoms with E-state index in [0.29, 0.717) is 11.4 Å². The molecule has 3 rings (SSSR count). The highest BCUT2D eigenvalue weighted by atomic mass is 35.5. The Balaban J connectivity index is 1.84. The second-order valence-corrected chi connectivity index (χ2v) is 8.33. The van der Waals surface area contributed by atoms with Crippen LogP contribution < -0.4 is 14.8 Å². The zero-order valence-electron chi connectivity index (χ0n) is 15.8. The number of methoxy groups -OCH3 is 1. The average molecular weight is 431 g/mol. The van der Waals surface area contributed by atoms with Crippen LogP contribution in [0.2, 0.25) is 5.02 Å². The summed E-state index contributed by atoms with van der Waals surface area (Å²) < 4.78 is 32.8. The smallest absolute Gasteiger partial charge is 0.261 e. The molecule has 0 aliphatic rings. The summed E-state index contributed by atoms with van der Waals surface area (Å²) in [6, 6.07) is 17.7. The number of sulfonamides is 1. The van der Waals surface area contributed by atoms with Crippen LogP contribution in [0.25, 0.3) is 0 Å². The predicted octanol–water partition coefficient (Wildman–Crippen LogP) is 4.71. The summed E-state index contributed by atoms with van der Waals surface area (Å²) in [5.41, 5.74) is 1.97. The molecule has 0 aliphatic carbocycles. The molecular weight excluding hydrogens is 412 g/mol. The number of hydrogen-bond donors (Lipinski definition) is 2. The second kappa shape index (κ2) is 8.55. The first-order valence-electron chi connectivity index (χ1n) is 8.63. The molecule has 150 valence electrons. The van der Waals surface area contributed by atoms with Gasteiger partial charge in [0.05, 0.1) is 22.7 Å². The fourth-order valence-corrected chi connectivity index (χ4v) is 3.90. The number of hydrogen-bond acceptors (Lipinski definition) is 4. The number of rotatable bonds is 6. The molecule has 0 fully saturated rings. The molecule has 6 nitrogen and oxygen atoms in total. The van der Waals surface area contributed by atoms with Crippen molar-refractivity contribution in [2.45, 2.75) is 11.8 Å². The first kappa shape index (κ1) is 20.7. The van der Waals surface area contributed by atoms with E-state index < -0.39 is 10.0 Å². The van der Waals surface area contributed by atoms with Gasteiger partial charge in [0.2, 0.25) is 0 Å². The van der Waals surface area contributed by atoms with Gasteiger partial charge < -0.3 is 10.1 Å². The predicted molar refractivity (Wildman–Crippen MR) is 114 cm³/mol. The molecule has 3 aromatic rings. The Kier molecular flexibility index (Phi) is 6.10. The van der Waals surface area contributed by atoms with Crippen LogP contribution in [0.15, 0.2) is 71.6 Å². The first-order valence-corrected chi connectivity index (χ1v) is 10.5. The Labute approximate surface area is 174 Å². The molecule has 0 bridgehead atoms. The minimum atomic E-state index is -3.89. The van der Waals surface area contributed by atoms with Gasteiger partial charge in [0.15, 0.2) is 0 Å². The normalized spacial score (nSPS) is 11.0. The van der Waals surface area contributed by atoms with E-state index in [1.165, 1.54) is 37.4 Å². The van der Waals surface area contributed by atoms with E-state index in [-0.39, 0.29) is 27.1 Å². The molecule has 0 spiro atoms. The third-order valence-corrected chi connectivity index (χ3v) is 5.95. The molecule has 8 heteroatoms. The number of aryl methyl sites for hydroxylation is 1. The zero-order valence-corrected chi connectivity index (χ0v) is 17.3. The number of carbonyl (C=O) groups is 1. The van der Waals surface area contributed by atoms with Crippen LogP contribution in [0.4, 0.5) is 11.4 Å². The molecule has 0 saturated carbocycles. The van der Waals surface area contributed by atoms with Gasteiger partial charge in [0.1, 0.15) is 5.75 Å². The number of carbonyl (C=O) groups excluding carboxylic acids is 1. The first-order chi connectivity index (χ1) is 13.8. The summed E-state index contributed by atoms with van der Waals surface area (Å²) >= 11 is 6.15. The summed E-state index contributed by atoms with van der Waals surface area (Å²) in [4.78, 5) is 12.6. The Hall–Kier alpha value is -3.03. The zero-order chi connectivity index (χ0) is 21.0. The molecule has 0 heterocycles. The number of benzene rings is 3. The van der Waals surface area contributed by atoms with E-state index in [9.17, 15) is 13.2 Å². The molecule has 2 N–H and O–H groups in total. The number of nitrogens with one attached hydrogen (secondary N) is 2. The van der Waals surface area contributed by atoms with Gasteiger partial charge in [0, 0.05) is 11.3 Å². The maximum Gasteiger partial charge on any atom is 0.261 e. The lowest BCUT2D eigenvalue weighted by Crippen LogP contribution is -2.16. The van der Waals surface area contributed by atoms with Crippen molar-refractivity contribution in [2.75, 3.05) is 17.1 Å². The minimum Gasteiger partial charge on any atom is -0.497 e. The van der Waals surface area contributed by atoms with Crippen LogP contribution >= 0.6 is 11.6 Å². The summed E-state index contributed by atoms with van der Waals surface area (Å²) in [5.74, 6) is 0.165. The van der Waals surface area contributed by atoms with Crippen molar-refractivity contribution in [1.82, 2.24) is 0 Å². The van der Waals surface area contributed by atoms with Gasteiger partial charge in [-0.1, -0.05) is 29.8 Å². The van der Waals surface area contributed by atoms with Gasteiger partial charge in [-0.15, -0.1) is 0 Å². The molecule has 29 heavy (non-hydrogen) atoms. The Morgan fingerprint density at radius 1 is 0.966 bits per heavy atom. The molecule has 0 saturated heterocycles. The third-order valence-electron chi connectivity index (χ3n) is 4.24. The van der Waals surface area contributed by atoms with Crippen molar-refractivity contribution in [3.63, 3.8) is 0 Å². The fraction of sp³-hybridized carbons (Fsp3) is 0.0952. The van der Waals surface area contributed by atoms with Crippen LogP contribution in [0.5, 0.6) is 5.75 Å². The van der Waals surface area contributed by atoms with Crippen molar-refractivity contribution in [2.24, 2.45) is 0 Å². The molecule has 3 aromatic carbocycles. The van der Waals surface area contributed by atoms with E-state index in [4.69, 9.17) is 16.3 Å². The average Bonchev–Trinajstić information content (AvgIpc) is 2.71. The minimum absolute atomic E-state index is 0.0455. The van der Waals surface area contributed by atoms with Crippen LogP contribution in [-0.4, -0.2) is 21.4 Å². The van der Waals surface area contributed by atoms with E-state index in [0.717, 1.165) is 5.56 Å². The van der Waals surface area contributed by atoms with Gasteiger partial charge in [-0.25, -0.2) is 8.42 Å². The Bertz CT molecular complexity index is 1150. The van der Waals surface area contributed by atoms with Crippen LogP contribution in [0.1, 0.15) is 15.9 Å². The van der Waals surface area contributed by atoms with Gasteiger partial charge in [-0.3, -0.25) is 9.52 Å². The van der Waals surface area contributed by atoms with E-state index >= 15 is 0 Å². The highest BCUT2D eigenvalue weighted by Gasteiger charge is 2.18. The molecule has 0 aromatic heterocycles. The van der Waals surface area contributed by atoms with Gasteiger partial charge in [-0.2, -0.15) is 0 Å². The number of amides is 1. The number of ether oxygens (including phenoxy) is 1. The highest BCUT2D eigenvalue weighted by molar-refractivity contribution is 7.92. The largest absolute Gasteiger partial charge is 0.497 e. The van der Waals surface area contributed by atoms with Gasteiger partial charge >= 0.3 is 0 Å². The standard InChI is InChI=1S/C21H19ClN2O4S/c1-14-5-3-4-6-19(14)23-21(25)15-7-12-18(22)20(13-15)24-29(26,27)17-10-8-16(28-2)9-11-17/h3-13,24H,1-2H3,(H,23,25). The van der Waals surface area contributed by atoms with Gasteiger partial charge in [0.25, 0.3) is 15.9 Å². The highest BCUT2D eigenvalue weighted by Crippen LogP contribution is 2.27. The lowest BCUT2D eigenvalue weighted by Gasteiger charge is -2.12. The Morgan fingerprint density at radius 2 is 1.66 bits per heavy atom. The van der Waals surface area contributed by atoms with Crippen molar-refractivity contribution in [1.29, 1.82) is 0 Å². The van der Waals surface area contributed by atoms with Crippen molar-refractivity contribution in [3.8, 4) is 5.75 Å². The summed E-state index contributed by atoms with van der Waals surface area (Å²) in [7, 11) is -2.40. The third kappa shape index (κ3) is 4.88. The molecule has 0 unspecified atom stereocenters. The SMILES string of the molecule is COc1ccc(S(=O)(=O)Nc2cc(C(=O)Nc3ccccc3C)ccc2Cl)cc1. The van der Waals surface area contributed by atoms with Crippen molar-refractivity contribution < 1.29 is 17.9 Å². The monoisotopic (exact) mass is 430 g/mol. The molecule has 0 radical (unpaired) electrons. The van der Waals surface area contributed by atoms with Crippen LogP contribution in [0.3, 0.4) is 0 Å². The van der Waals surface area contributed by atoms with Gasteiger partial charge in [-0.05, 0) is 61.0 Å². The van der Waals surface area contributed by atoms with E-state index in [1.807, 2.05) is 25.1 Å². The molecule has 0 atom stereocenters. The van der Waals surface area contributed by atoms with Crippen molar-refractivity contribution >= 4 is 38.9 Å². The molecule has 0 aliphatic heterocycles. The second-order valence-electron chi connectivity index (χ2n) is 6.24. The van der Waals surface area contributed by atoms with E-state index in [1.54, 1.807) is 18.2 Å². The topological polar surface area (TPSA) is 84.5 Å². The fourth-order valence-electron chi connectivity index (χ4n) is 2.61. The van der Waals surface area contributed by atoms with Crippen LogP contribution in [0, 0.1) is 6.92 Å². The Morgan fingerprint density at radius 3 is 2.31 bits per heavy atom. The number of halogens is 1. The van der Waals surface area contributed by atoms with E-state index in [2.05, 4.69) is 10.0 Å².